The lowest BCUT2D eigenvalue weighted by Crippen LogP contribution is -2.00. The largest absolute Gasteiger partial charge is 0.330 e. The third kappa shape index (κ3) is 3.41. The van der Waals surface area contributed by atoms with Crippen molar-refractivity contribution in [1.29, 1.82) is 0 Å². The van der Waals surface area contributed by atoms with Crippen molar-refractivity contribution in [3.05, 3.63) is 71.0 Å². The smallest absolute Gasteiger partial charge is 0.126 e. The van der Waals surface area contributed by atoms with Crippen LogP contribution in [-0.4, -0.2) is 6.54 Å². The summed E-state index contributed by atoms with van der Waals surface area (Å²) < 4.78 is 13.5. The Morgan fingerprint density at radius 2 is 1.56 bits per heavy atom. The number of halogens is 1. The number of hydrogen-bond acceptors (Lipinski definition) is 1. The van der Waals surface area contributed by atoms with Crippen molar-refractivity contribution in [2.75, 3.05) is 6.54 Å². The minimum Gasteiger partial charge on any atom is -0.330 e. The zero-order valence-electron chi connectivity index (χ0n) is 10.4. The van der Waals surface area contributed by atoms with E-state index in [4.69, 9.17) is 5.73 Å². The Labute approximate surface area is 107 Å². The molecule has 0 unspecified atom stereocenters. The molecular weight excluding hydrogens is 225 g/mol. The first-order valence-electron chi connectivity index (χ1n) is 6.31. The van der Waals surface area contributed by atoms with Crippen molar-refractivity contribution in [2.24, 2.45) is 5.73 Å². The average Bonchev–Trinajstić information content (AvgIpc) is 2.41. The molecule has 2 aromatic carbocycles. The van der Waals surface area contributed by atoms with E-state index in [0.717, 1.165) is 30.5 Å². The van der Waals surface area contributed by atoms with Crippen molar-refractivity contribution in [2.45, 2.75) is 19.3 Å². The molecule has 0 fully saturated rings. The minimum absolute atomic E-state index is 0.135. The molecule has 0 aliphatic rings. The number of aryl methyl sites for hydroxylation is 1. The molecule has 0 radical (unpaired) electrons. The Kier molecular flexibility index (Phi) is 4.48. The minimum atomic E-state index is -0.135. The summed E-state index contributed by atoms with van der Waals surface area (Å²) >= 11 is 0. The van der Waals surface area contributed by atoms with Gasteiger partial charge in [-0.3, -0.25) is 0 Å². The molecule has 0 amide bonds. The van der Waals surface area contributed by atoms with E-state index in [1.807, 2.05) is 12.1 Å². The van der Waals surface area contributed by atoms with E-state index in [1.165, 1.54) is 11.6 Å². The summed E-state index contributed by atoms with van der Waals surface area (Å²) in [5.41, 5.74) is 8.65. The van der Waals surface area contributed by atoms with Gasteiger partial charge in [0.2, 0.25) is 0 Å². The van der Waals surface area contributed by atoms with Crippen LogP contribution in [0.1, 0.15) is 23.1 Å². The Balaban J connectivity index is 2.04. The molecule has 2 N–H and O–H groups in total. The number of rotatable bonds is 5. The molecule has 0 aliphatic carbocycles. The standard InChI is InChI=1S/C16H18FN/c17-16-6-2-1-5-15(16)12-14-9-7-13(8-10-14)4-3-11-18/h1-2,5-10H,3-4,11-12,18H2. The molecule has 0 bridgehead atoms. The molecule has 0 saturated heterocycles. The van der Waals surface area contributed by atoms with E-state index in [-0.39, 0.29) is 5.82 Å². The van der Waals surface area contributed by atoms with E-state index in [0.29, 0.717) is 6.42 Å². The number of hydrogen-bond donors (Lipinski definition) is 1. The highest BCUT2D eigenvalue weighted by molar-refractivity contribution is 5.29. The van der Waals surface area contributed by atoms with Crippen molar-refractivity contribution in [3.8, 4) is 0 Å². The Morgan fingerprint density at radius 1 is 0.889 bits per heavy atom. The van der Waals surface area contributed by atoms with Crippen LogP contribution in [0.25, 0.3) is 0 Å². The Bertz CT molecular complexity index is 491. The predicted octanol–water partition coefficient (Wildman–Crippen LogP) is 3.31. The lowest BCUT2D eigenvalue weighted by molar-refractivity contribution is 0.614. The fourth-order valence-corrected chi connectivity index (χ4v) is 1.99. The molecule has 0 atom stereocenters. The van der Waals surface area contributed by atoms with Crippen LogP contribution in [-0.2, 0) is 12.8 Å². The van der Waals surface area contributed by atoms with Crippen molar-refractivity contribution in [3.63, 3.8) is 0 Å². The van der Waals surface area contributed by atoms with Crippen molar-refractivity contribution >= 4 is 0 Å². The fraction of sp³-hybridized carbons (Fsp3) is 0.250. The van der Waals surface area contributed by atoms with E-state index >= 15 is 0 Å². The van der Waals surface area contributed by atoms with Crippen LogP contribution in [0.4, 0.5) is 4.39 Å². The number of nitrogens with two attached hydrogens (primary N) is 1. The molecule has 0 spiro atoms. The van der Waals surface area contributed by atoms with Gasteiger partial charge in [-0.25, -0.2) is 4.39 Å². The summed E-state index contributed by atoms with van der Waals surface area (Å²) in [6, 6.07) is 15.3. The van der Waals surface area contributed by atoms with Gasteiger partial charge in [-0.15, -0.1) is 0 Å². The monoisotopic (exact) mass is 243 g/mol. The molecule has 18 heavy (non-hydrogen) atoms. The van der Waals surface area contributed by atoms with Gasteiger partial charge in [-0.2, -0.15) is 0 Å². The second-order valence-electron chi connectivity index (χ2n) is 4.48. The van der Waals surface area contributed by atoms with Crippen LogP contribution in [0.5, 0.6) is 0 Å². The highest BCUT2D eigenvalue weighted by atomic mass is 19.1. The van der Waals surface area contributed by atoms with Gasteiger partial charge in [-0.05, 0) is 42.1 Å². The lowest BCUT2D eigenvalue weighted by atomic mass is 10.0. The van der Waals surface area contributed by atoms with Gasteiger partial charge in [0.05, 0.1) is 0 Å². The van der Waals surface area contributed by atoms with E-state index < -0.39 is 0 Å². The molecule has 0 aromatic heterocycles. The molecule has 1 nitrogen and oxygen atoms in total. The van der Waals surface area contributed by atoms with Gasteiger partial charge >= 0.3 is 0 Å². The molecule has 0 heterocycles. The molecule has 0 aliphatic heterocycles. The van der Waals surface area contributed by atoms with Crippen molar-refractivity contribution < 1.29 is 4.39 Å². The normalized spacial score (nSPS) is 10.6. The molecule has 2 heteroatoms. The third-order valence-electron chi connectivity index (χ3n) is 3.04. The molecule has 2 rings (SSSR count). The van der Waals surface area contributed by atoms with Gasteiger partial charge in [0, 0.05) is 6.42 Å². The SMILES string of the molecule is NCCCc1ccc(Cc2ccccc2F)cc1. The van der Waals surface area contributed by atoms with Crippen molar-refractivity contribution in [1.82, 2.24) is 0 Å². The number of benzene rings is 2. The fourth-order valence-electron chi connectivity index (χ4n) is 1.99. The average molecular weight is 243 g/mol. The topological polar surface area (TPSA) is 26.0 Å². The Morgan fingerprint density at radius 3 is 2.22 bits per heavy atom. The van der Waals surface area contributed by atoms with Crippen LogP contribution in [0.3, 0.4) is 0 Å². The molecule has 94 valence electrons. The lowest BCUT2D eigenvalue weighted by Gasteiger charge is -2.05. The third-order valence-corrected chi connectivity index (χ3v) is 3.04. The van der Waals surface area contributed by atoms with Crippen LogP contribution in [0, 0.1) is 5.82 Å². The summed E-state index contributed by atoms with van der Waals surface area (Å²) in [6.45, 7) is 0.719. The first-order chi connectivity index (χ1) is 8.79. The summed E-state index contributed by atoms with van der Waals surface area (Å²) in [5, 5.41) is 0. The highest BCUT2D eigenvalue weighted by Crippen LogP contribution is 2.14. The van der Waals surface area contributed by atoms with Crippen LogP contribution >= 0.6 is 0 Å². The quantitative estimate of drug-likeness (QED) is 0.856. The van der Waals surface area contributed by atoms with E-state index in [1.54, 1.807) is 6.07 Å². The summed E-state index contributed by atoms with van der Waals surface area (Å²) in [7, 11) is 0. The van der Waals surface area contributed by atoms with Crippen LogP contribution in [0.2, 0.25) is 0 Å². The highest BCUT2D eigenvalue weighted by Gasteiger charge is 2.02. The molecule has 0 saturated carbocycles. The maximum absolute atomic E-state index is 13.5. The zero-order valence-corrected chi connectivity index (χ0v) is 10.4. The maximum atomic E-state index is 13.5. The molecular formula is C16H18FN. The summed E-state index contributed by atoms with van der Waals surface area (Å²) in [4.78, 5) is 0. The van der Waals surface area contributed by atoms with E-state index in [9.17, 15) is 4.39 Å². The van der Waals surface area contributed by atoms with Gasteiger partial charge < -0.3 is 5.73 Å². The van der Waals surface area contributed by atoms with E-state index in [2.05, 4.69) is 24.3 Å². The summed E-state index contributed by atoms with van der Waals surface area (Å²) in [5.74, 6) is -0.135. The summed E-state index contributed by atoms with van der Waals surface area (Å²) in [6.07, 6.45) is 2.66. The first kappa shape index (κ1) is 12.8. The predicted molar refractivity (Wildman–Crippen MR) is 73.0 cm³/mol. The van der Waals surface area contributed by atoms with Gasteiger partial charge in [-0.1, -0.05) is 42.5 Å². The van der Waals surface area contributed by atoms with Crippen LogP contribution < -0.4 is 5.73 Å². The maximum Gasteiger partial charge on any atom is 0.126 e. The van der Waals surface area contributed by atoms with Gasteiger partial charge in [0.1, 0.15) is 5.82 Å². The van der Waals surface area contributed by atoms with Crippen LogP contribution in [0.15, 0.2) is 48.5 Å². The zero-order chi connectivity index (χ0) is 12.8. The molecule has 2 aromatic rings. The van der Waals surface area contributed by atoms with Gasteiger partial charge in [0.15, 0.2) is 0 Å². The first-order valence-corrected chi connectivity index (χ1v) is 6.31. The second kappa shape index (κ2) is 6.31. The Hall–Kier alpha value is -1.67. The second-order valence-corrected chi connectivity index (χ2v) is 4.48. The van der Waals surface area contributed by atoms with Gasteiger partial charge in [0.25, 0.3) is 0 Å².